The SMILES string of the molecule is CCC(=O)OCc1occc1C1CCc2c(ccc3c2ccc2ccccc23)C1. The molecule has 0 saturated carbocycles. The minimum Gasteiger partial charge on any atom is -0.465 e. The van der Waals surface area contributed by atoms with Gasteiger partial charge in [-0.1, -0.05) is 55.5 Å². The summed E-state index contributed by atoms with van der Waals surface area (Å²) in [5.41, 5.74) is 4.08. The molecule has 3 heteroatoms. The van der Waals surface area contributed by atoms with E-state index in [1.807, 2.05) is 6.07 Å². The van der Waals surface area contributed by atoms with Crippen LogP contribution >= 0.6 is 0 Å². The first-order chi connectivity index (χ1) is 14.2. The van der Waals surface area contributed by atoms with Gasteiger partial charge in [-0.05, 0) is 63.9 Å². The number of aryl methyl sites for hydroxylation is 1. The highest BCUT2D eigenvalue weighted by atomic mass is 16.5. The number of benzene rings is 3. The van der Waals surface area contributed by atoms with E-state index in [0.29, 0.717) is 12.3 Å². The Morgan fingerprint density at radius 2 is 1.90 bits per heavy atom. The molecule has 1 aromatic heterocycles. The van der Waals surface area contributed by atoms with Gasteiger partial charge in [0.25, 0.3) is 0 Å². The van der Waals surface area contributed by atoms with Crippen molar-refractivity contribution < 1.29 is 13.9 Å². The number of furan rings is 1. The van der Waals surface area contributed by atoms with Gasteiger partial charge >= 0.3 is 5.97 Å². The predicted octanol–water partition coefficient (Wildman–Crippen LogP) is 6.31. The molecule has 3 aromatic carbocycles. The number of carbonyl (C=O) groups is 1. The fraction of sp³-hybridized carbons (Fsp3) is 0.269. The Bertz CT molecular complexity index is 1200. The Hall–Kier alpha value is -3.07. The van der Waals surface area contributed by atoms with Gasteiger partial charge in [-0.15, -0.1) is 0 Å². The van der Waals surface area contributed by atoms with Gasteiger partial charge in [0, 0.05) is 12.0 Å². The number of carbonyl (C=O) groups excluding carboxylic acids is 1. The number of hydrogen-bond acceptors (Lipinski definition) is 3. The molecule has 0 saturated heterocycles. The zero-order valence-electron chi connectivity index (χ0n) is 16.6. The summed E-state index contributed by atoms with van der Waals surface area (Å²) in [6.07, 6.45) is 5.22. The van der Waals surface area contributed by atoms with E-state index in [4.69, 9.17) is 9.15 Å². The Balaban J connectivity index is 1.46. The molecule has 5 rings (SSSR count). The normalized spacial score (nSPS) is 16.1. The average Bonchev–Trinajstić information content (AvgIpc) is 3.25. The largest absolute Gasteiger partial charge is 0.465 e. The second-order valence-corrected chi connectivity index (χ2v) is 7.84. The van der Waals surface area contributed by atoms with Crippen LogP contribution in [0.4, 0.5) is 0 Å². The Morgan fingerprint density at radius 3 is 2.79 bits per heavy atom. The molecule has 3 nitrogen and oxygen atoms in total. The van der Waals surface area contributed by atoms with E-state index in [9.17, 15) is 4.79 Å². The van der Waals surface area contributed by atoms with Gasteiger partial charge < -0.3 is 9.15 Å². The van der Waals surface area contributed by atoms with E-state index in [1.165, 1.54) is 38.2 Å². The molecule has 29 heavy (non-hydrogen) atoms. The Kier molecular flexibility index (Phi) is 4.59. The molecule has 1 atom stereocenters. The Morgan fingerprint density at radius 1 is 1.03 bits per heavy atom. The third kappa shape index (κ3) is 3.21. The number of hydrogen-bond donors (Lipinski definition) is 0. The molecule has 1 aliphatic rings. The van der Waals surface area contributed by atoms with E-state index >= 15 is 0 Å². The van der Waals surface area contributed by atoms with Crippen LogP contribution in [0.2, 0.25) is 0 Å². The fourth-order valence-electron chi connectivity index (χ4n) is 4.71. The van der Waals surface area contributed by atoms with Crippen LogP contribution in [0.5, 0.6) is 0 Å². The van der Waals surface area contributed by atoms with Crippen molar-refractivity contribution in [2.75, 3.05) is 0 Å². The third-order valence-corrected chi connectivity index (χ3v) is 6.22. The lowest BCUT2D eigenvalue weighted by Gasteiger charge is -2.26. The molecule has 4 aromatic rings. The van der Waals surface area contributed by atoms with Crippen LogP contribution in [0, 0.1) is 0 Å². The molecule has 0 amide bonds. The molecular weight excluding hydrogens is 360 g/mol. The monoisotopic (exact) mass is 384 g/mol. The maximum Gasteiger partial charge on any atom is 0.305 e. The summed E-state index contributed by atoms with van der Waals surface area (Å²) in [5, 5.41) is 5.34. The molecular formula is C26H24O3. The van der Waals surface area contributed by atoms with Crippen LogP contribution in [0.25, 0.3) is 21.5 Å². The van der Waals surface area contributed by atoms with Gasteiger partial charge in [-0.2, -0.15) is 0 Å². The van der Waals surface area contributed by atoms with Crippen LogP contribution in [0.15, 0.2) is 65.3 Å². The highest BCUT2D eigenvalue weighted by molar-refractivity contribution is 6.08. The first kappa shape index (κ1) is 18.0. The van der Waals surface area contributed by atoms with Crippen molar-refractivity contribution in [3.8, 4) is 0 Å². The van der Waals surface area contributed by atoms with Gasteiger partial charge in [0.15, 0.2) is 0 Å². The lowest BCUT2D eigenvalue weighted by atomic mass is 9.78. The maximum atomic E-state index is 11.5. The second-order valence-electron chi connectivity index (χ2n) is 7.84. The molecule has 1 aliphatic carbocycles. The minimum absolute atomic E-state index is 0.194. The van der Waals surface area contributed by atoms with Crippen molar-refractivity contribution in [2.24, 2.45) is 0 Å². The molecule has 1 unspecified atom stereocenters. The number of esters is 1. The smallest absolute Gasteiger partial charge is 0.305 e. The lowest BCUT2D eigenvalue weighted by Crippen LogP contribution is -2.14. The summed E-state index contributed by atoms with van der Waals surface area (Å²) in [6, 6.07) is 19.7. The standard InChI is InChI=1S/C26H24O3/c1-2-26(27)29-16-25-22(13-14-28-25)19-8-10-21-18(15-19)9-12-23-20-6-4-3-5-17(20)7-11-24(21)23/h3-7,9,11-14,19H,2,8,10,15-16H2,1H3. The second kappa shape index (κ2) is 7.40. The molecule has 1 heterocycles. The minimum atomic E-state index is -0.194. The van der Waals surface area contributed by atoms with Crippen molar-refractivity contribution >= 4 is 27.5 Å². The van der Waals surface area contributed by atoms with Crippen molar-refractivity contribution in [1.29, 1.82) is 0 Å². The molecule has 0 aliphatic heterocycles. The van der Waals surface area contributed by atoms with Gasteiger partial charge in [0.2, 0.25) is 0 Å². The zero-order valence-corrected chi connectivity index (χ0v) is 16.6. The highest BCUT2D eigenvalue weighted by Gasteiger charge is 2.25. The molecule has 0 spiro atoms. The number of ether oxygens (including phenoxy) is 1. The quantitative estimate of drug-likeness (QED) is 0.306. The molecule has 0 N–H and O–H groups in total. The summed E-state index contributed by atoms with van der Waals surface area (Å²) in [7, 11) is 0. The van der Waals surface area contributed by atoms with E-state index in [2.05, 4.69) is 48.5 Å². The van der Waals surface area contributed by atoms with Gasteiger partial charge in [-0.3, -0.25) is 4.79 Å². The summed E-state index contributed by atoms with van der Waals surface area (Å²) in [5.74, 6) is 0.988. The van der Waals surface area contributed by atoms with Crippen LogP contribution in [0.1, 0.15) is 48.1 Å². The van der Waals surface area contributed by atoms with Gasteiger partial charge in [-0.25, -0.2) is 0 Å². The Labute approximate surface area is 170 Å². The molecule has 0 bridgehead atoms. The molecule has 0 fully saturated rings. The van der Waals surface area contributed by atoms with Crippen molar-refractivity contribution in [1.82, 2.24) is 0 Å². The summed E-state index contributed by atoms with van der Waals surface area (Å²) >= 11 is 0. The zero-order chi connectivity index (χ0) is 19.8. The van der Waals surface area contributed by atoms with E-state index in [1.54, 1.807) is 13.2 Å². The van der Waals surface area contributed by atoms with Gasteiger partial charge in [0.05, 0.1) is 6.26 Å². The van der Waals surface area contributed by atoms with Crippen molar-refractivity contribution in [2.45, 2.75) is 45.1 Å². The predicted molar refractivity (Wildman–Crippen MR) is 115 cm³/mol. The number of fused-ring (bicyclic) bond motifs is 5. The van der Waals surface area contributed by atoms with Crippen molar-refractivity contribution in [3.63, 3.8) is 0 Å². The van der Waals surface area contributed by atoms with Crippen molar-refractivity contribution in [3.05, 3.63) is 83.3 Å². The first-order valence-electron chi connectivity index (χ1n) is 10.4. The van der Waals surface area contributed by atoms with Gasteiger partial charge in [0.1, 0.15) is 12.4 Å². The van der Waals surface area contributed by atoms with E-state index in [0.717, 1.165) is 25.0 Å². The molecule has 0 radical (unpaired) electrons. The van der Waals surface area contributed by atoms with E-state index in [-0.39, 0.29) is 12.6 Å². The van der Waals surface area contributed by atoms with E-state index < -0.39 is 0 Å². The average molecular weight is 384 g/mol. The lowest BCUT2D eigenvalue weighted by molar-refractivity contribution is -0.145. The highest BCUT2D eigenvalue weighted by Crippen LogP contribution is 2.39. The summed E-state index contributed by atoms with van der Waals surface area (Å²) in [4.78, 5) is 11.5. The molecule has 146 valence electrons. The fourth-order valence-corrected chi connectivity index (χ4v) is 4.71. The van der Waals surface area contributed by atoms with Crippen LogP contribution in [-0.2, 0) is 29.0 Å². The topological polar surface area (TPSA) is 39.4 Å². The maximum absolute atomic E-state index is 11.5. The van der Waals surface area contributed by atoms with Crippen LogP contribution in [-0.4, -0.2) is 5.97 Å². The third-order valence-electron chi connectivity index (χ3n) is 6.22. The first-order valence-corrected chi connectivity index (χ1v) is 10.4. The summed E-state index contributed by atoms with van der Waals surface area (Å²) in [6.45, 7) is 2.03. The van der Waals surface area contributed by atoms with Crippen LogP contribution in [0.3, 0.4) is 0 Å². The summed E-state index contributed by atoms with van der Waals surface area (Å²) < 4.78 is 10.9. The van der Waals surface area contributed by atoms with Crippen LogP contribution < -0.4 is 0 Å². The number of rotatable bonds is 4.